The van der Waals surface area contributed by atoms with Crippen molar-refractivity contribution < 1.29 is 14.6 Å². The van der Waals surface area contributed by atoms with Crippen molar-refractivity contribution >= 4 is 0 Å². The fourth-order valence-corrected chi connectivity index (χ4v) is 2.54. The summed E-state index contributed by atoms with van der Waals surface area (Å²) < 4.78 is 10.6. The maximum Gasteiger partial charge on any atom is 0.0589 e. The van der Waals surface area contributed by atoms with Gasteiger partial charge in [-0.15, -0.1) is 0 Å². The predicted molar refractivity (Wildman–Crippen MR) is 51.9 cm³/mol. The molecule has 2 rings (SSSR count). The quantitative estimate of drug-likeness (QED) is 0.661. The maximum atomic E-state index is 9.15. The lowest BCUT2D eigenvalue weighted by molar-refractivity contribution is -0.179. The van der Waals surface area contributed by atoms with E-state index in [4.69, 9.17) is 20.3 Å². The molecule has 2 heterocycles. The monoisotopic (exact) mass is 201 g/mol. The molecule has 4 heteroatoms. The van der Waals surface area contributed by atoms with Gasteiger partial charge in [-0.05, 0) is 18.8 Å². The summed E-state index contributed by atoms with van der Waals surface area (Å²) in [5.74, 6) is 0.562. The first kappa shape index (κ1) is 10.4. The van der Waals surface area contributed by atoms with Crippen molar-refractivity contribution in [2.45, 2.75) is 18.9 Å². The number of nitrogens with two attached hydrogens (primary N) is 1. The first-order chi connectivity index (χ1) is 6.79. The van der Waals surface area contributed by atoms with Crippen LogP contribution < -0.4 is 5.73 Å². The van der Waals surface area contributed by atoms with Crippen LogP contribution in [0.4, 0.5) is 0 Å². The summed E-state index contributed by atoms with van der Waals surface area (Å²) in [6.07, 6.45) is 2.11. The average Bonchev–Trinajstić information content (AvgIpc) is 2.17. The zero-order valence-electron chi connectivity index (χ0n) is 8.45. The molecule has 3 N–H and O–H groups in total. The van der Waals surface area contributed by atoms with Crippen LogP contribution >= 0.6 is 0 Å². The molecular weight excluding hydrogens is 182 g/mol. The SMILES string of the molecule is NC(CO)C1(C2CCOCC2)COC1. The molecule has 0 radical (unpaired) electrons. The van der Waals surface area contributed by atoms with Crippen LogP contribution in [0.15, 0.2) is 0 Å². The van der Waals surface area contributed by atoms with E-state index in [1.165, 1.54) is 0 Å². The van der Waals surface area contributed by atoms with E-state index in [0.717, 1.165) is 26.1 Å². The summed E-state index contributed by atoms with van der Waals surface area (Å²) in [5, 5.41) is 9.15. The highest BCUT2D eigenvalue weighted by Crippen LogP contribution is 2.43. The van der Waals surface area contributed by atoms with Crippen molar-refractivity contribution in [3.63, 3.8) is 0 Å². The summed E-state index contributed by atoms with van der Waals surface area (Å²) >= 11 is 0. The lowest BCUT2D eigenvalue weighted by atomic mass is 9.66. The number of ether oxygens (including phenoxy) is 2. The Morgan fingerprint density at radius 1 is 1.29 bits per heavy atom. The molecule has 0 aliphatic carbocycles. The second-order valence-electron chi connectivity index (χ2n) is 4.40. The largest absolute Gasteiger partial charge is 0.395 e. The van der Waals surface area contributed by atoms with Crippen molar-refractivity contribution in [2.24, 2.45) is 17.1 Å². The van der Waals surface area contributed by atoms with Crippen LogP contribution in [-0.4, -0.2) is 44.2 Å². The second-order valence-corrected chi connectivity index (χ2v) is 4.40. The lowest BCUT2D eigenvalue weighted by Gasteiger charge is -2.51. The van der Waals surface area contributed by atoms with Gasteiger partial charge in [0.1, 0.15) is 0 Å². The molecule has 1 unspecified atom stereocenters. The van der Waals surface area contributed by atoms with Gasteiger partial charge in [0, 0.05) is 24.7 Å². The van der Waals surface area contributed by atoms with E-state index in [2.05, 4.69) is 0 Å². The summed E-state index contributed by atoms with van der Waals surface area (Å²) in [4.78, 5) is 0. The highest BCUT2D eigenvalue weighted by Gasteiger charge is 2.49. The maximum absolute atomic E-state index is 9.15. The average molecular weight is 201 g/mol. The van der Waals surface area contributed by atoms with E-state index in [0.29, 0.717) is 19.1 Å². The smallest absolute Gasteiger partial charge is 0.0589 e. The van der Waals surface area contributed by atoms with Gasteiger partial charge in [-0.25, -0.2) is 0 Å². The number of hydrogen-bond acceptors (Lipinski definition) is 4. The van der Waals surface area contributed by atoms with Gasteiger partial charge in [0.25, 0.3) is 0 Å². The number of rotatable bonds is 3. The molecule has 0 aromatic rings. The predicted octanol–water partition coefficient (Wildman–Crippen LogP) is -0.251. The number of aliphatic hydroxyl groups excluding tert-OH is 1. The molecule has 14 heavy (non-hydrogen) atoms. The van der Waals surface area contributed by atoms with Crippen LogP contribution in [0.5, 0.6) is 0 Å². The summed E-state index contributed by atoms with van der Waals surface area (Å²) in [6.45, 7) is 3.12. The minimum absolute atomic E-state index is 0.0263. The molecule has 2 aliphatic rings. The highest BCUT2D eigenvalue weighted by molar-refractivity contribution is 4.99. The molecule has 0 saturated carbocycles. The summed E-state index contributed by atoms with van der Waals surface area (Å²) in [7, 11) is 0. The zero-order chi connectivity index (χ0) is 10.0. The van der Waals surface area contributed by atoms with Crippen LogP contribution in [-0.2, 0) is 9.47 Å². The number of hydrogen-bond donors (Lipinski definition) is 2. The Balaban J connectivity index is 2.02. The van der Waals surface area contributed by atoms with Crippen LogP contribution in [0.1, 0.15) is 12.8 Å². The Hall–Kier alpha value is -0.160. The standard InChI is InChI=1S/C10H19NO3/c11-9(5-12)10(6-14-7-10)8-1-3-13-4-2-8/h8-9,12H,1-7,11H2. The molecule has 0 bridgehead atoms. The minimum atomic E-state index is -0.139. The van der Waals surface area contributed by atoms with Gasteiger partial charge in [-0.1, -0.05) is 0 Å². The van der Waals surface area contributed by atoms with Gasteiger partial charge in [0.2, 0.25) is 0 Å². The van der Waals surface area contributed by atoms with Gasteiger partial charge in [0.15, 0.2) is 0 Å². The Kier molecular flexibility index (Phi) is 3.07. The van der Waals surface area contributed by atoms with Crippen molar-refractivity contribution in [3.8, 4) is 0 Å². The first-order valence-electron chi connectivity index (χ1n) is 5.31. The molecule has 2 saturated heterocycles. The zero-order valence-corrected chi connectivity index (χ0v) is 8.45. The Bertz CT molecular complexity index is 188. The highest BCUT2D eigenvalue weighted by atomic mass is 16.5. The van der Waals surface area contributed by atoms with E-state index in [9.17, 15) is 0 Å². The molecule has 2 aliphatic heterocycles. The Labute approximate surface area is 84.4 Å². The van der Waals surface area contributed by atoms with Crippen molar-refractivity contribution in [2.75, 3.05) is 33.0 Å². The van der Waals surface area contributed by atoms with Gasteiger partial charge < -0.3 is 20.3 Å². The van der Waals surface area contributed by atoms with E-state index >= 15 is 0 Å². The number of aliphatic hydroxyl groups is 1. The van der Waals surface area contributed by atoms with Gasteiger partial charge in [-0.2, -0.15) is 0 Å². The Morgan fingerprint density at radius 3 is 2.36 bits per heavy atom. The topological polar surface area (TPSA) is 64.7 Å². The molecule has 0 aromatic heterocycles. The van der Waals surface area contributed by atoms with Gasteiger partial charge in [-0.3, -0.25) is 0 Å². The molecule has 0 aromatic carbocycles. The lowest BCUT2D eigenvalue weighted by Crippen LogP contribution is -2.61. The van der Waals surface area contributed by atoms with E-state index in [1.54, 1.807) is 0 Å². The van der Waals surface area contributed by atoms with E-state index in [-0.39, 0.29) is 18.1 Å². The van der Waals surface area contributed by atoms with Gasteiger partial charge >= 0.3 is 0 Å². The van der Waals surface area contributed by atoms with Crippen LogP contribution in [0.25, 0.3) is 0 Å². The second kappa shape index (κ2) is 4.14. The summed E-state index contributed by atoms with van der Waals surface area (Å²) in [5.41, 5.74) is 6.00. The third-order valence-electron chi connectivity index (χ3n) is 3.71. The molecule has 82 valence electrons. The normalized spacial score (nSPS) is 29.6. The molecule has 1 atom stereocenters. The van der Waals surface area contributed by atoms with Crippen molar-refractivity contribution in [1.82, 2.24) is 0 Å². The molecule has 2 fully saturated rings. The molecular formula is C10H19NO3. The molecule has 0 spiro atoms. The molecule has 0 amide bonds. The third kappa shape index (κ3) is 1.56. The van der Waals surface area contributed by atoms with Crippen molar-refractivity contribution in [1.29, 1.82) is 0 Å². The molecule has 4 nitrogen and oxygen atoms in total. The van der Waals surface area contributed by atoms with Crippen LogP contribution in [0, 0.1) is 11.3 Å². The Morgan fingerprint density at radius 2 is 1.93 bits per heavy atom. The fourth-order valence-electron chi connectivity index (χ4n) is 2.54. The van der Waals surface area contributed by atoms with E-state index < -0.39 is 0 Å². The van der Waals surface area contributed by atoms with Gasteiger partial charge in [0.05, 0.1) is 19.8 Å². The van der Waals surface area contributed by atoms with Crippen LogP contribution in [0.2, 0.25) is 0 Å². The minimum Gasteiger partial charge on any atom is -0.395 e. The summed E-state index contributed by atoms with van der Waals surface area (Å²) in [6, 6.07) is -0.139. The van der Waals surface area contributed by atoms with Crippen LogP contribution in [0.3, 0.4) is 0 Å². The first-order valence-corrected chi connectivity index (χ1v) is 5.31. The third-order valence-corrected chi connectivity index (χ3v) is 3.71. The fraction of sp³-hybridized carbons (Fsp3) is 1.00. The van der Waals surface area contributed by atoms with Crippen molar-refractivity contribution in [3.05, 3.63) is 0 Å². The van der Waals surface area contributed by atoms with E-state index in [1.807, 2.05) is 0 Å².